The molecular formula is C14H21F3N4. The molecule has 1 fully saturated rings. The van der Waals surface area contributed by atoms with Gasteiger partial charge in [0.2, 0.25) is 5.95 Å². The first-order chi connectivity index (χ1) is 9.77. The summed E-state index contributed by atoms with van der Waals surface area (Å²) in [5.41, 5.74) is -0.622. The second-order valence-corrected chi connectivity index (χ2v) is 5.83. The Kier molecular flexibility index (Phi) is 4.30. The van der Waals surface area contributed by atoms with Crippen molar-refractivity contribution < 1.29 is 13.2 Å². The van der Waals surface area contributed by atoms with Crippen LogP contribution in [0.25, 0.3) is 0 Å². The number of rotatable bonds is 3. The molecule has 2 rings (SSSR count). The molecule has 0 amide bonds. The standard InChI is InChI=1S/C14H21F3N4/c1-4-13(2)5-7-21(8-6-13)11-9-10(14(15,16)17)19-12(18-3)20-11/h9H,4-8H2,1-3H3,(H,18,19,20). The lowest BCUT2D eigenvalue weighted by Crippen LogP contribution is -2.39. The highest BCUT2D eigenvalue weighted by molar-refractivity contribution is 5.45. The fraction of sp³-hybridized carbons (Fsp3) is 0.714. The van der Waals surface area contributed by atoms with Gasteiger partial charge in [-0.05, 0) is 18.3 Å². The Morgan fingerprint density at radius 1 is 1.29 bits per heavy atom. The maximum absolute atomic E-state index is 12.9. The molecule has 1 aromatic heterocycles. The van der Waals surface area contributed by atoms with E-state index in [1.165, 1.54) is 7.05 Å². The van der Waals surface area contributed by atoms with Crippen LogP contribution in [0.5, 0.6) is 0 Å². The molecule has 1 saturated heterocycles. The van der Waals surface area contributed by atoms with E-state index in [2.05, 4.69) is 29.1 Å². The monoisotopic (exact) mass is 302 g/mol. The van der Waals surface area contributed by atoms with E-state index in [0.717, 1.165) is 38.4 Å². The van der Waals surface area contributed by atoms with E-state index in [9.17, 15) is 13.2 Å². The lowest BCUT2D eigenvalue weighted by atomic mass is 9.78. The van der Waals surface area contributed by atoms with Crippen LogP contribution in [0, 0.1) is 5.41 Å². The first-order valence-corrected chi connectivity index (χ1v) is 7.16. The molecule has 1 N–H and O–H groups in total. The third-order valence-electron chi connectivity index (χ3n) is 4.37. The van der Waals surface area contributed by atoms with Crippen LogP contribution in [-0.2, 0) is 6.18 Å². The Labute approximate surface area is 122 Å². The van der Waals surface area contributed by atoms with Gasteiger partial charge in [0.05, 0.1) is 0 Å². The molecule has 1 aliphatic rings. The highest BCUT2D eigenvalue weighted by atomic mass is 19.4. The molecule has 4 nitrogen and oxygen atoms in total. The summed E-state index contributed by atoms with van der Waals surface area (Å²) < 4.78 is 38.7. The summed E-state index contributed by atoms with van der Waals surface area (Å²) in [6, 6.07) is 1.04. The Hall–Kier alpha value is -1.53. The van der Waals surface area contributed by atoms with Crippen LogP contribution in [0.15, 0.2) is 6.07 Å². The Morgan fingerprint density at radius 2 is 1.90 bits per heavy atom. The number of hydrogen-bond donors (Lipinski definition) is 1. The zero-order valence-electron chi connectivity index (χ0n) is 12.6. The normalized spacial score (nSPS) is 18.7. The molecule has 0 unspecified atom stereocenters. The molecule has 1 aliphatic heterocycles. The van der Waals surface area contributed by atoms with Crippen molar-refractivity contribution in [3.8, 4) is 0 Å². The van der Waals surface area contributed by atoms with Crippen molar-refractivity contribution in [2.24, 2.45) is 5.41 Å². The summed E-state index contributed by atoms with van der Waals surface area (Å²) in [5.74, 6) is 0.350. The van der Waals surface area contributed by atoms with Crippen LogP contribution in [-0.4, -0.2) is 30.1 Å². The van der Waals surface area contributed by atoms with Crippen LogP contribution >= 0.6 is 0 Å². The van der Waals surface area contributed by atoms with Crippen LogP contribution in [0.3, 0.4) is 0 Å². The van der Waals surface area contributed by atoms with E-state index in [0.29, 0.717) is 5.82 Å². The fourth-order valence-corrected chi connectivity index (χ4v) is 2.48. The molecule has 2 heterocycles. The van der Waals surface area contributed by atoms with E-state index in [1.807, 2.05) is 4.90 Å². The van der Waals surface area contributed by atoms with Crippen molar-refractivity contribution in [1.29, 1.82) is 0 Å². The van der Waals surface area contributed by atoms with Crippen LogP contribution < -0.4 is 10.2 Å². The summed E-state index contributed by atoms with van der Waals surface area (Å²) in [7, 11) is 1.52. The number of hydrogen-bond acceptors (Lipinski definition) is 4. The van der Waals surface area contributed by atoms with E-state index < -0.39 is 11.9 Å². The van der Waals surface area contributed by atoms with Gasteiger partial charge < -0.3 is 10.2 Å². The predicted molar refractivity (Wildman–Crippen MR) is 76.4 cm³/mol. The molecule has 0 bridgehead atoms. The van der Waals surface area contributed by atoms with E-state index >= 15 is 0 Å². The van der Waals surface area contributed by atoms with Gasteiger partial charge in [0, 0.05) is 26.2 Å². The third kappa shape index (κ3) is 3.57. The summed E-state index contributed by atoms with van der Waals surface area (Å²) >= 11 is 0. The van der Waals surface area contributed by atoms with Gasteiger partial charge in [0.25, 0.3) is 0 Å². The first kappa shape index (κ1) is 15.9. The van der Waals surface area contributed by atoms with E-state index in [4.69, 9.17) is 0 Å². The number of nitrogens with one attached hydrogen (secondary N) is 1. The third-order valence-corrected chi connectivity index (χ3v) is 4.37. The van der Waals surface area contributed by atoms with E-state index in [-0.39, 0.29) is 11.4 Å². The number of halogens is 3. The maximum atomic E-state index is 12.9. The minimum atomic E-state index is -4.46. The lowest BCUT2D eigenvalue weighted by Gasteiger charge is -2.39. The van der Waals surface area contributed by atoms with Crippen LogP contribution in [0.2, 0.25) is 0 Å². The molecule has 1 aromatic rings. The molecular weight excluding hydrogens is 281 g/mol. The smallest absolute Gasteiger partial charge is 0.357 e. The first-order valence-electron chi connectivity index (χ1n) is 7.16. The Bertz CT molecular complexity index is 493. The number of alkyl halides is 3. The highest BCUT2D eigenvalue weighted by Gasteiger charge is 2.35. The highest BCUT2D eigenvalue weighted by Crippen LogP contribution is 2.36. The van der Waals surface area contributed by atoms with Crippen LogP contribution in [0.4, 0.5) is 24.9 Å². The van der Waals surface area contributed by atoms with Crippen molar-refractivity contribution in [3.05, 3.63) is 11.8 Å². The number of nitrogens with zero attached hydrogens (tertiary/aromatic N) is 3. The van der Waals surface area contributed by atoms with Gasteiger partial charge in [-0.2, -0.15) is 18.2 Å². The molecule has 0 atom stereocenters. The minimum Gasteiger partial charge on any atom is -0.357 e. The molecule has 0 spiro atoms. The largest absolute Gasteiger partial charge is 0.433 e. The minimum absolute atomic E-state index is 0.00338. The van der Waals surface area contributed by atoms with Crippen LogP contribution in [0.1, 0.15) is 38.8 Å². The SMILES string of the molecule is CCC1(C)CCN(c2cc(C(F)(F)F)nc(NC)n2)CC1. The number of aromatic nitrogens is 2. The van der Waals surface area contributed by atoms with Gasteiger partial charge in [-0.3, -0.25) is 0 Å². The molecule has 118 valence electrons. The molecule has 21 heavy (non-hydrogen) atoms. The van der Waals surface area contributed by atoms with Gasteiger partial charge in [-0.15, -0.1) is 0 Å². The second-order valence-electron chi connectivity index (χ2n) is 5.83. The maximum Gasteiger partial charge on any atom is 0.433 e. The lowest BCUT2D eigenvalue weighted by molar-refractivity contribution is -0.141. The van der Waals surface area contributed by atoms with Gasteiger partial charge in [0.15, 0.2) is 5.69 Å². The number of anilines is 2. The quantitative estimate of drug-likeness (QED) is 0.927. The molecule has 0 saturated carbocycles. The van der Waals surface area contributed by atoms with Crippen molar-refractivity contribution >= 4 is 11.8 Å². The zero-order chi connectivity index (χ0) is 15.7. The summed E-state index contributed by atoms with van der Waals surface area (Å²) in [6.07, 6.45) is -1.45. The molecule has 0 aromatic carbocycles. The van der Waals surface area contributed by atoms with Crippen molar-refractivity contribution in [1.82, 2.24) is 9.97 Å². The zero-order valence-corrected chi connectivity index (χ0v) is 12.6. The van der Waals surface area contributed by atoms with Crippen molar-refractivity contribution in [2.45, 2.75) is 39.3 Å². The van der Waals surface area contributed by atoms with Crippen molar-refractivity contribution in [2.75, 3.05) is 30.4 Å². The summed E-state index contributed by atoms with van der Waals surface area (Å²) in [6.45, 7) is 5.83. The van der Waals surface area contributed by atoms with Gasteiger partial charge in [-0.25, -0.2) is 4.98 Å². The molecule has 0 radical (unpaired) electrons. The van der Waals surface area contributed by atoms with E-state index in [1.54, 1.807) is 0 Å². The fourth-order valence-electron chi connectivity index (χ4n) is 2.48. The molecule has 7 heteroatoms. The Morgan fingerprint density at radius 3 is 2.38 bits per heavy atom. The Balaban J connectivity index is 2.24. The molecule has 0 aliphatic carbocycles. The summed E-state index contributed by atoms with van der Waals surface area (Å²) in [5, 5.41) is 2.60. The van der Waals surface area contributed by atoms with Gasteiger partial charge in [0.1, 0.15) is 5.82 Å². The topological polar surface area (TPSA) is 41.1 Å². The predicted octanol–water partition coefficient (Wildman–Crippen LogP) is 3.55. The average molecular weight is 302 g/mol. The summed E-state index contributed by atoms with van der Waals surface area (Å²) in [4.78, 5) is 9.57. The van der Waals surface area contributed by atoms with Gasteiger partial charge in [-0.1, -0.05) is 20.3 Å². The van der Waals surface area contributed by atoms with Crippen molar-refractivity contribution in [3.63, 3.8) is 0 Å². The van der Waals surface area contributed by atoms with Gasteiger partial charge >= 0.3 is 6.18 Å². The second kappa shape index (κ2) is 5.69. The average Bonchev–Trinajstić information content (AvgIpc) is 2.46. The number of piperidine rings is 1.